The Morgan fingerprint density at radius 2 is 1.91 bits per heavy atom. The van der Waals surface area contributed by atoms with Crippen molar-refractivity contribution in [3.05, 3.63) is 18.5 Å². The number of hydrogen-bond acceptors (Lipinski definition) is 7. The number of methoxy groups -OCH3 is 2. The zero-order chi connectivity index (χ0) is 15.7. The molecule has 22 heavy (non-hydrogen) atoms. The summed E-state index contributed by atoms with van der Waals surface area (Å²) in [5.41, 5.74) is 0.705. The van der Waals surface area contributed by atoms with E-state index in [0.29, 0.717) is 29.3 Å². The van der Waals surface area contributed by atoms with Crippen LogP contribution in [0, 0.1) is 0 Å². The SMILES string of the molecule is COc1cc2ncnc(N[C@@H]3CCS(=O)(=O)C3)c2cc1OC. The van der Waals surface area contributed by atoms with Gasteiger partial charge in [-0.25, -0.2) is 18.4 Å². The summed E-state index contributed by atoms with van der Waals surface area (Å²) in [5, 5.41) is 3.97. The van der Waals surface area contributed by atoms with E-state index in [1.54, 1.807) is 26.4 Å². The molecule has 0 unspecified atom stereocenters. The third-order valence-electron chi connectivity index (χ3n) is 3.71. The molecule has 118 valence electrons. The minimum absolute atomic E-state index is 0.129. The van der Waals surface area contributed by atoms with E-state index in [2.05, 4.69) is 15.3 Å². The predicted molar refractivity (Wildman–Crippen MR) is 83.3 cm³/mol. The van der Waals surface area contributed by atoms with Crippen LogP contribution in [-0.2, 0) is 9.84 Å². The molecule has 1 N–H and O–H groups in total. The van der Waals surface area contributed by atoms with Crippen LogP contribution in [0.25, 0.3) is 10.9 Å². The minimum atomic E-state index is -2.94. The van der Waals surface area contributed by atoms with Crippen LogP contribution in [0.5, 0.6) is 11.5 Å². The van der Waals surface area contributed by atoms with Crippen molar-refractivity contribution in [2.45, 2.75) is 12.5 Å². The Labute approximate surface area is 128 Å². The average molecular weight is 323 g/mol. The number of nitrogens with zero attached hydrogens (tertiary/aromatic N) is 2. The Bertz CT molecular complexity index is 807. The van der Waals surface area contributed by atoms with Gasteiger partial charge < -0.3 is 14.8 Å². The van der Waals surface area contributed by atoms with Crippen LogP contribution in [-0.4, -0.2) is 50.2 Å². The normalized spacial score (nSPS) is 20.0. The molecular formula is C14H17N3O4S. The van der Waals surface area contributed by atoms with Gasteiger partial charge in [0.25, 0.3) is 0 Å². The fraction of sp³-hybridized carbons (Fsp3) is 0.429. The van der Waals surface area contributed by atoms with Gasteiger partial charge in [0, 0.05) is 17.5 Å². The van der Waals surface area contributed by atoms with E-state index in [1.165, 1.54) is 6.33 Å². The third kappa shape index (κ3) is 2.78. The van der Waals surface area contributed by atoms with Crippen LogP contribution in [0.2, 0.25) is 0 Å². The molecule has 1 aromatic carbocycles. The molecule has 0 saturated carbocycles. The molecule has 2 heterocycles. The monoisotopic (exact) mass is 323 g/mol. The maximum Gasteiger partial charge on any atom is 0.162 e. The Kier molecular flexibility index (Phi) is 3.78. The molecule has 7 nitrogen and oxygen atoms in total. The zero-order valence-electron chi connectivity index (χ0n) is 12.4. The molecule has 8 heteroatoms. The lowest BCUT2D eigenvalue weighted by Gasteiger charge is -2.15. The summed E-state index contributed by atoms with van der Waals surface area (Å²) >= 11 is 0. The summed E-state index contributed by atoms with van der Waals surface area (Å²) in [6.07, 6.45) is 2.03. The summed E-state index contributed by atoms with van der Waals surface area (Å²) in [6.45, 7) is 0. The van der Waals surface area contributed by atoms with Crippen LogP contribution in [0.4, 0.5) is 5.82 Å². The number of hydrogen-bond donors (Lipinski definition) is 1. The molecule has 1 fully saturated rings. The summed E-state index contributed by atoms with van der Waals surface area (Å²) in [6, 6.07) is 3.43. The summed E-state index contributed by atoms with van der Waals surface area (Å²) < 4.78 is 33.7. The standard InChI is InChI=1S/C14H17N3O4S/c1-20-12-5-10-11(6-13(12)21-2)15-8-16-14(10)17-9-3-4-22(18,19)7-9/h5-6,8-9H,3-4,7H2,1-2H3,(H,15,16,17)/t9-/m1/s1. The van der Waals surface area contributed by atoms with Crippen molar-refractivity contribution in [1.29, 1.82) is 0 Å². The fourth-order valence-corrected chi connectivity index (χ4v) is 4.27. The lowest BCUT2D eigenvalue weighted by atomic mass is 10.2. The van der Waals surface area contributed by atoms with Gasteiger partial charge in [-0.2, -0.15) is 0 Å². The Morgan fingerprint density at radius 3 is 2.55 bits per heavy atom. The maximum atomic E-state index is 11.6. The van der Waals surface area contributed by atoms with Crippen LogP contribution in [0.1, 0.15) is 6.42 Å². The van der Waals surface area contributed by atoms with Crippen LogP contribution < -0.4 is 14.8 Å². The number of ether oxygens (including phenoxy) is 2. The molecule has 0 spiro atoms. The average Bonchev–Trinajstić information content (AvgIpc) is 2.85. The van der Waals surface area contributed by atoms with Gasteiger partial charge >= 0.3 is 0 Å². The summed E-state index contributed by atoms with van der Waals surface area (Å²) in [5.74, 6) is 2.11. The van der Waals surface area contributed by atoms with E-state index in [-0.39, 0.29) is 17.5 Å². The number of benzene rings is 1. The second kappa shape index (κ2) is 5.60. The first-order chi connectivity index (χ1) is 10.5. The van der Waals surface area contributed by atoms with Crippen molar-refractivity contribution in [2.24, 2.45) is 0 Å². The first kappa shape index (κ1) is 14.8. The molecular weight excluding hydrogens is 306 g/mol. The molecule has 1 aliphatic rings. The van der Waals surface area contributed by atoms with Crippen LogP contribution >= 0.6 is 0 Å². The largest absolute Gasteiger partial charge is 0.493 e. The van der Waals surface area contributed by atoms with E-state index in [0.717, 1.165) is 5.39 Å². The first-order valence-corrected chi connectivity index (χ1v) is 8.68. The fourth-order valence-electron chi connectivity index (χ4n) is 2.60. The van der Waals surface area contributed by atoms with Crippen molar-refractivity contribution < 1.29 is 17.9 Å². The first-order valence-electron chi connectivity index (χ1n) is 6.86. The number of sulfone groups is 1. The molecule has 0 radical (unpaired) electrons. The minimum Gasteiger partial charge on any atom is -0.493 e. The van der Waals surface area contributed by atoms with Gasteiger partial charge in [0.2, 0.25) is 0 Å². The maximum absolute atomic E-state index is 11.6. The third-order valence-corrected chi connectivity index (χ3v) is 5.48. The highest BCUT2D eigenvalue weighted by Crippen LogP contribution is 2.34. The van der Waals surface area contributed by atoms with Crippen molar-refractivity contribution in [1.82, 2.24) is 9.97 Å². The number of fused-ring (bicyclic) bond motifs is 1. The van der Waals surface area contributed by atoms with Gasteiger partial charge in [-0.05, 0) is 12.5 Å². The lowest BCUT2D eigenvalue weighted by molar-refractivity contribution is 0.356. The van der Waals surface area contributed by atoms with E-state index >= 15 is 0 Å². The zero-order valence-corrected chi connectivity index (χ0v) is 13.2. The molecule has 2 aromatic rings. The van der Waals surface area contributed by atoms with Gasteiger partial charge in [-0.1, -0.05) is 0 Å². The van der Waals surface area contributed by atoms with Crippen LogP contribution in [0.15, 0.2) is 18.5 Å². The smallest absolute Gasteiger partial charge is 0.162 e. The highest BCUT2D eigenvalue weighted by molar-refractivity contribution is 7.91. The quantitative estimate of drug-likeness (QED) is 0.905. The molecule has 0 bridgehead atoms. The van der Waals surface area contributed by atoms with E-state index in [4.69, 9.17) is 9.47 Å². The predicted octanol–water partition coefficient (Wildman–Crippen LogP) is 1.25. The second-order valence-corrected chi connectivity index (χ2v) is 7.42. The van der Waals surface area contributed by atoms with E-state index in [9.17, 15) is 8.42 Å². The molecule has 0 amide bonds. The van der Waals surface area contributed by atoms with Gasteiger partial charge in [0.05, 0.1) is 31.2 Å². The van der Waals surface area contributed by atoms with E-state index in [1.807, 2.05) is 0 Å². The molecule has 1 saturated heterocycles. The molecule has 3 rings (SSSR count). The van der Waals surface area contributed by atoms with Crippen molar-refractivity contribution >= 4 is 26.6 Å². The Balaban J connectivity index is 1.99. The second-order valence-electron chi connectivity index (χ2n) is 5.19. The molecule has 1 aliphatic heterocycles. The molecule has 0 aliphatic carbocycles. The van der Waals surface area contributed by atoms with Gasteiger partial charge in [-0.3, -0.25) is 0 Å². The van der Waals surface area contributed by atoms with Crippen LogP contribution in [0.3, 0.4) is 0 Å². The lowest BCUT2D eigenvalue weighted by Crippen LogP contribution is -2.21. The molecule has 1 atom stereocenters. The summed E-state index contributed by atoms with van der Waals surface area (Å²) in [7, 11) is 0.180. The Hall–Kier alpha value is -2.09. The molecule has 1 aromatic heterocycles. The van der Waals surface area contributed by atoms with Crippen molar-refractivity contribution in [3.63, 3.8) is 0 Å². The number of rotatable bonds is 4. The van der Waals surface area contributed by atoms with Crippen molar-refractivity contribution in [2.75, 3.05) is 31.0 Å². The van der Waals surface area contributed by atoms with Gasteiger partial charge in [0.1, 0.15) is 12.1 Å². The highest BCUT2D eigenvalue weighted by Gasteiger charge is 2.28. The van der Waals surface area contributed by atoms with Crippen molar-refractivity contribution in [3.8, 4) is 11.5 Å². The van der Waals surface area contributed by atoms with Gasteiger partial charge in [-0.15, -0.1) is 0 Å². The number of aromatic nitrogens is 2. The van der Waals surface area contributed by atoms with Gasteiger partial charge in [0.15, 0.2) is 21.3 Å². The topological polar surface area (TPSA) is 90.4 Å². The Morgan fingerprint density at radius 1 is 1.18 bits per heavy atom. The van der Waals surface area contributed by atoms with E-state index < -0.39 is 9.84 Å². The number of anilines is 1. The number of nitrogens with one attached hydrogen (secondary N) is 1. The highest BCUT2D eigenvalue weighted by atomic mass is 32.2. The summed E-state index contributed by atoms with van der Waals surface area (Å²) in [4.78, 5) is 8.46.